The summed E-state index contributed by atoms with van der Waals surface area (Å²) in [4.78, 5) is 11.8. The van der Waals surface area contributed by atoms with Crippen molar-refractivity contribution in [2.75, 3.05) is 0 Å². The van der Waals surface area contributed by atoms with E-state index in [9.17, 15) is 9.18 Å². The van der Waals surface area contributed by atoms with Crippen LogP contribution in [0.2, 0.25) is 5.02 Å². The molecule has 18 heavy (non-hydrogen) atoms. The molecule has 0 fully saturated rings. The van der Waals surface area contributed by atoms with E-state index in [4.69, 9.17) is 11.6 Å². The Morgan fingerprint density at radius 1 is 1.11 bits per heavy atom. The molecule has 0 aliphatic carbocycles. The average Bonchev–Trinajstić information content (AvgIpc) is 2.37. The lowest BCUT2D eigenvalue weighted by molar-refractivity contribution is 0.104. The minimum atomic E-state index is -0.424. The van der Waals surface area contributed by atoms with Gasteiger partial charge in [-0.1, -0.05) is 41.9 Å². The highest BCUT2D eigenvalue weighted by molar-refractivity contribution is 6.32. The third-order valence-corrected chi connectivity index (χ3v) is 2.77. The number of allylic oxidation sites excluding steroid dienone is 1. The van der Waals surface area contributed by atoms with Crippen molar-refractivity contribution in [1.82, 2.24) is 0 Å². The molecule has 0 saturated heterocycles. The second-order valence-electron chi connectivity index (χ2n) is 3.73. The van der Waals surface area contributed by atoms with E-state index in [1.807, 2.05) is 12.1 Å². The van der Waals surface area contributed by atoms with Gasteiger partial charge in [0.05, 0.1) is 0 Å². The summed E-state index contributed by atoms with van der Waals surface area (Å²) in [6.07, 6.45) is 3.01. The number of benzene rings is 2. The predicted molar refractivity (Wildman–Crippen MR) is 71.2 cm³/mol. The molecular weight excluding hydrogens is 251 g/mol. The summed E-state index contributed by atoms with van der Waals surface area (Å²) in [5.41, 5.74) is 1.07. The molecule has 2 aromatic rings. The van der Waals surface area contributed by atoms with E-state index in [1.165, 1.54) is 24.3 Å². The van der Waals surface area contributed by atoms with Gasteiger partial charge < -0.3 is 0 Å². The van der Waals surface area contributed by atoms with Crippen molar-refractivity contribution >= 4 is 23.5 Å². The Balaban J connectivity index is 2.20. The van der Waals surface area contributed by atoms with Gasteiger partial charge in [-0.25, -0.2) is 4.39 Å². The Hall–Kier alpha value is -1.93. The van der Waals surface area contributed by atoms with Crippen LogP contribution in [0.15, 0.2) is 54.6 Å². The first-order valence-corrected chi connectivity index (χ1v) is 5.77. The van der Waals surface area contributed by atoms with Crippen molar-refractivity contribution in [1.29, 1.82) is 0 Å². The molecule has 0 heterocycles. The quantitative estimate of drug-likeness (QED) is 0.591. The molecule has 0 bridgehead atoms. The number of carbonyl (C=O) groups excluding carboxylic acids is 1. The van der Waals surface area contributed by atoms with Crippen LogP contribution in [0.1, 0.15) is 15.9 Å². The van der Waals surface area contributed by atoms with Gasteiger partial charge >= 0.3 is 0 Å². The fraction of sp³-hybridized carbons (Fsp3) is 0. The second-order valence-corrected chi connectivity index (χ2v) is 4.14. The zero-order valence-corrected chi connectivity index (χ0v) is 10.2. The van der Waals surface area contributed by atoms with Gasteiger partial charge in [0.2, 0.25) is 0 Å². The van der Waals surface area contributed by atoms with Crippen LogP contribution in [0.5, 0.6) is 0 Å². The number of hydrogen-bond acceptors (Lipinski definition) is 1. The van der Waals surface area contributed by atoms with E-state index < -0.39 is 5.82 Å². The lowest BCUT2D eigenvalue weighted by atomic mass is 10.1. The van der Waals surface area contributed by atoms with Crippen molar-refractivity contribution in [2.45, 2.75) is 0 Å². The summed E-state index contributed by atoms with van der Waals surface area (Å²) in [6, 6.07) is 12.8. The molecular formula is C15H10ClFO. The van der Waals surface area contributed by atoms with Crippen molar-refractivity contribution in [3.63, 3.8) is 0 Å². The van der Waals surface area contributed by atoms with Crippen molar-refractivity contribution < 1.29 is 9.18 Å². The molecule has 0 aliphatic rings. The Kier molecular flexibility index (Phi) is 3.90. The van der Waals surface area contributed by atoms with Crippen LogP contribution >= 0.6 is 11.6 Å². The minimum absolute atomic E-state index is 0.255. The van der Waals surface area contributed by atoms with Gasteiger partial charge in [-0.2, -0.15) is 0 Å². The molecule has 90 valence electrons. The highest BCUT2D eigenvalue weighted by Gasteiger charge is 2.03. The monoisotopic (exact) mass is 260 g/mol. The van der Waals surface area contributed by atoms with E-state index >= 15 is 0 Å². The lowest BCUT2D eigenvalue weighted by Gasteiger charge is -1.97. The first-order valence-electron chi connectivity index (χ1n) is 5.39. The lowest BCUT2D eigenvalue weighted by Crippen LogP contribution is -1.94. The van der Waals surface area contributed by atoms with Crippen molar-refractivity contribution in [3.8, 4) is 0 Å². The normalized spacial score (nSPS) is 10.8. The van der Waals surface area contributed by atoms with Gasteiger partial charge in [-0.3, -0.25) is 4.79 Å². The smallest absolute Gasteiger partial charge is 0.185 e. The van der Waals surface area contributed by atoms with Gasteiger partial charge in [-0.15, -0.1) is 0 Å². The molecule has 0 aliphatic heterocycles. The van der Waals surface area contributed by atoms with Crippen LogP contribution in [-0.4, -0.2) is 5.78 Å². The standard InChI is InChI=1S/C15H10ClFO/c16-14-7-2-1-4-11(14)8-9-15(18)12-5-3-6-13(17)10-12/h1-10H/b9-8+. The Bertz CT molecular complexity index is 605. The van der Waals surface area contributed by atoms with Gasteiger partial charge in [0, 0.05) is 10.6 Å². The van der Waals surface area contributed by atoms with E-state index in [2.05, 4.69) is 0 Å². The molecule has 0 radical (unpaired) electrons. The van der Waals surface area contributed by atoms with E-state index in [-0.39, 0.29) is 5.78 Å². The van der Waals surface area contributed by atoms with E-state index in [0.29, 0.717) is 10.6 Å². The maximum atomic E-state index is 13.0. The summed E-state index contributed by atoms with van der Waals surface area (Å²) in [5, 5.41) is 0.570. The Labute approximate surface area is 110 Å². The third-order valence-electron chi connectivity index (χ3n) is 2.43. The minimum Gasteiger partial charge on any atom is -0.289 e. The molecule has 0 spiro atoms. The van der Waals surface area contributed by atoms with Crippen LogP contribution in [-0.2, 0) is 0 Å². The summed E-state index contributed by atoms with van der Waals surface area (Å²) in [7, 11) is 0. The van der Waals surface area contributed by atoms with Crippen LogP contribution in [0.3, 0.4) is 0 Å². The van der Waals surface area contributed by atoms with Crippen molar-refractivity contribution in [3.05, 3.63) is 76.6 Å². The molecule has 0 aromatic heterocycles. The number of ketones is 1. The summed E-state index contributed by atoms with van der Waals surface area (Å²) in [5.74, 6) is -0.679. The van der Waals surface area contributed by atoms with Crippen LogP contribution in [0.4, 0.5) is 4.39 Å². The van der Waals surface area contributed by atoms with Gasteiger partial charge in [0.25, 0.3) is 0 Å². The molecule has 2 aromatic carbocycles. The summed E-state index contributed by atoms with van der Waals surface area (Å²) in [6.45, 7) is 0. The summed E-state index contributed by atoms with van der Waals surface area (Å²) >= 11 is 5.96. The molecule has 3 heteroatoms. The van der Waals surface area contributed by atoms with Crippen LogP contribution < -0.4 is 0 Å². The van der Waals surface area contributed by atoms with Gasteiger partial charge in [-0.05, 0) is 35.9 Å². The van der Waals surface area contributed by atoms with E-state index in [0.717, 1.165) is 5.56 Å². The fourth-order valence-corrected chi connectivity index (χ4v) is 1.71. The highest BCUT2D eigenvalue weighted by atomic mass is 35.5. The molecule has 2 rings (SSSR count). The Morgan fingerprint density at radius 2 is 1.89 bits per heavy atom. The number of hydrogen-bond donors (Lipinski definition) is 0. The van der Waals surface area contributed by atoms with Crippen LogP contribution in [0, 0.1) is 5.82 Å². The Morgan fingerprint density at radius 3 is 2.61 bits per heavy atom. The molecule has 0 N–H and O–H groups in total. The van der Waals surface area contributed by atoms with E-state index in [1.54, 1.807) is 24.3 Å². The number of halogens is 2. The average molecular weight is 261 g/mol. The maximum absolute atomic E-state index is 13.0. The highest BCUT2D eigenvalue weighted by Crippen LogP contribution is 2.16. The third kappa shape index (κ3) is 3.05. The first-order chi connectivity index (χ1) is 8.66. The number of carbonyl (C=O) groups is 1. The predicted octanol–water partition coefficient (Wildman–Crippen LogP) is 4.38. The molecule has 0 atom stereocenters. The van der Waals surface area contributed by atoms with Crippen molar-refractivity contribution in [2.24, 2.45) is 0 Å². The van der Waals surface area contributed by atoms with Gasteiger partial charge in [0.1, 0.15) is 5.82 Å². The van der Waals surface area contributed by atoms with Gasteiger partial charge in [0.15, 0.2) is 5.78 Å². The van der Waals surface area contributed by atoms with Crippen LogP contribution in [0.25, 0.3) is 6.08 Å². The fourth-order valence-electron chi connectivity index (χ4n) is 1.51. The molecule has 0 saturated carbocycles. The first kappa shape index (κ1) is 12.5. The molecule has 1 nitrogen and oxygen atoms in total. The second kappa shape index (κ2) is 5.61. The maximum Gasteiger partial charge on any atom is 0.185 e. The SMILES string of the molecule is O=C(/C=C/c1ccccc1Cl)c1cccc(F)c1. The number of rotatable bonds is 3. The molecule has 0 unspecified atom stereocenters. The summed E-state index contributed by atoms with van der Waals surface area (Å²) < 4.78 is 13.0. The topological polar surface area (TPSA) is 17.1 Å². The zero-order chi connectivity index (χ0) is 13.0. The molecule has 0 amide bonds. The zero-order valence-electron chi connectivity index (χ0n) is 9.44. The largest absolute Gasteiger partial charge is 0.289 e.